The first-order valence-corrected chi connectivity index (χ1v) is 5.95. The van der Waals surface area contributed by atoms with E-state index in [1.54, 1.807) is 12.1 Å². The van der Waals surface area contributed by atoms with Gasteiger partial charge in [0.05, 0.1) is 10.0 Å². The highest BCUT2D eigenvalue weighted by atomic mass is 35.5. The molecule has 0 saturated carbocycles. The van der Waals surface area contributed by atoms with Gasteiger partial charge in [0.2, 0.25) is 0 Å². The van der Waals surface area contributed by atoms with Crippen LogP contribution >= 0.6 is 34.8 Å². The summed E-state index contributed by atoms with van der Waals surface area (Å²) in [6.45, 7) is 4.22. The lowest BCUT2D eigenvalue weighted by molar-refractivity contribution is 0.510. The Balaban J connectivity index is 3.02. The summed E-state index contributed by atoms with van der Waals surface area (Å²) in [5, 5.41) is 1.53. The molecule has 1 aromatic rings. The normalized spacial score (nSPS) is 13.3. The van der Waals surface area contributed by atoms with Crippen LogP contribution < -0.4 is 5.73 Å². The van der Waals surface area contributed by atoms with Crippen LogP contribution in [0.2, 0.25) is 15.1 Å². The molecule has 0 heterocycles. The molecule has 15 heavy (non-hydrogen) atoms. The average molecular weight is 267 g/mol. The minimum Gasteiger partial charge on any atom is -0.324 e. The van der Waals surface area contributed by atoms with E-state index in [0.717, 1.165) is 12.0 Å². The number of rotatable bonds is 3. The van der Waals surface area contributed by atoms with Crippen LogP contribution in [0.4, 0.5) is 0 Å². The third-order valence-electron chi connectivity index (χ3n) is 2.15. The van der Waals surface area contributed by atoms with E-state index in [0.29, 0.717) is 21.0 Å². The van der Waals surface area contributed by atoms with Gasteiger partial charge >= 0.3 is 0 Å². The summed E-state index contributed by atoms with van der Waals surface area (Å²) in [5.74, 6) is 0.508. The van der Waals surface area contributed by atoms with Gasteiger partial charge in [0.15, 0.2) is 0 Å². The van der Waals surface area contributed by atoms with Crippen LogP contribution in [0.25, 0.3) is 0 Å². The summed E-state index contributed by atoms with van der Waals surface area (Å²) in [5.41, 5.74) is 6.85. The molecular weight excluding hydrogens is 252 g/mol. The van der Waals surface area contributed by atoms with Gasteiger partial charge in [-0.2, -0.15) is 0 Å². The molecule has 0 aromatic heterocycles. The van der Waals surface area contributed by atoms with Gasteiger partial charge in [-0.1, -0.05) is 48.7 Å². The van der Waals surface area contributed by atoms with E-state index < -0.39 is 0 Å². The van der Waals surface area contributed by atoms with E-state index in [2.05, 4.69) is 13.8 Å². The van der Waals surface area contributed by atoms with Crippen molar-refractivity contribution in [3.63, 3.8) is 0 Å². The zero-order valence-electron chi connectivity index (χ0n) is 8.73. The third kappa shape index (κ3) is 3.53. The second kappa shape index (κ2) is 5.40. The fraction of sp³-hybridized carbons (Fsp3) is 0.455. The Kier molecular flexibility index (Phi) is 4.72. The Hall–Kier alpha value is 0.0500. The molecule has 0 aliphatic carbocycles. The van der Waals surface area contributed by atoms with Crippen LogP contribution in [0.1, 0.15) is 31.9 Å². The molecule has 84 valence electrons. The molecule has 4 heteroatoms. The van der Waals surface area contributed by atoms with Crippen LogP contribution in [0.5, 0.6) is 0 Å². The first-order chi connectivity index (χ1) is 6.91. The lowest BCUT2D eigenvalue weighted by atomic mass is 9.98. The maximum absolute atomic E-state index is 6.07. The predicted molar refractivity (Wildman–Crippen MR) is 67.9 cm³/mol. The van der Waals surface area contributed by atoms with Crippen LogP contribution in [-0.4, -0.2) is 0 Å². The molecule has 0 spiro atoms. The van der Waals surface area contributed by atoms with Crippen molar-refractivity contribution in [2.24, 2.45) is 11.7 Å². The van der Waals surface area contributed by atoms with Gasteiger partial charge in [-0.15, -0.1) is 0 Å². The lowest BCUT2D eigenvalue weighted by Gasteiger charge is -2.16. The lowest BCUT2D eigenvalue weighted by Crippen LogP contribution is -2.13. The van der Waals surface area contributed by atoms with Crippen LogP contribution in [0.15, 0.2) is 12.1 Å². The summed E-state index contributed by atoms with van der Waals surface area (Å²) in [6.07, 6.45) is 0.858. The molecule has 1 nitrogen and oxygen atoms in total. The average Bonchev–Trinajstić information content (AvgIpc) is 2.09. The van der Waals surface area contributed by atoms with Crippen LogP contribution in [-0.2, 0) is 0 Å². The maximum atomic E-state index is 6.07. The predicted octanol–water partition coefficient (Wildman–Crippen LogP) is 4.69. The standard InChI is InChI=1S/C11H14Cl3N/c1-6(2)3-10(15)8-4-7(12)5-9(13)11(8)14/h4-6,10H,3,15H2,1-2H3/t10-/m0/s1. The highest BCUT2D eigenvalue weighted by Crippen LogP contribution is 2.34. The Morgan fingerprint density at radius 3 is 2.33 bits per heavy atom. The molecule has 0 amide bonds. The van der Waals surface area contributed by atoms with Crippen molar-refractivity contribution in [1.82, 2.24) is 0 Å². The molecule has 1 aromatic carbocycles. The fourth-order valence-electron chi connectivity index (χ4n) is 1.48. The minimum absolute atomic E-state index is 0.117. The van der Waals surface area contributed by atoms with Gasteiger partial charge in [0, 0.05) is 11.1 Å². The quantitative estimate of drug-likeness (QED) is 0.789. The van der Waals surface area contributed by atoms with Crippen molar-refractivity contribution in [3.05, 3.63) is 32.8 Å². The summed E-state index contributed by atoms with van der Waals surface area (Å²) in [4.78, 5) is 0. The van der Waals surface area contributed by atoms with Crippen molar-refractivity contribution < 1.29 is 0 Å². The Labute approximate surface area is 106 Å². The van der Waals surface area contributed by atoms with Gasteiger partial charge in [0.25, 0.3) is 0 Å². The van der Waals surface area contributed by atoms with Gasteiger partial charge in [-0.25, -0.2) is 0 Å². The van der Waals surface area contributed by atoms with Gasteiger partial charge < -0.3 is 5.73 Å². The Morgan fingerprint density at radius 2 is 1.80 bits per heavy atom. The highest BCUT2D eigenvalue weighted by molar-refractivity contribution is 6.43. The summed E-state index contributed by atoms with van der Waals surface area (Å²) in [7, 11) is 0. The SMILES string of the molecule is CC(C)C[C@H](N)c1cc(Cl)cc(Cl)c1Cl. The van der Waals surface area contributed by atoms with Crippen LogP contribution in [0.3, 0.4) is 0 Å². The largest absolute Gasteiger partial charge is 0.324 e. The zero-order chi connectivity index (χ0) is 11.6. The monoisotopic (exact) mass is 265 g/mol. The highest BCUT2D eigenvalue weighted by Gasteiger charge is 2.15. The summed E-state index contributed by atoms with van der Waals surface area (Å²) >= 11 is 17.9. The molecule has 0 bridgehead atoms. The first-order valence-electron chi connectivity index (χ1n) is 4.81. The number of halogens is 3. The van der Waals surface area contributed by atoms with Crippen molar-refractivity contribution in [2.45, 2.75) is 26.3 Å². The zero-order valence-corrected chi connectivity index (χ0v) is 11.0. The molecule has 2 N–H and O–H groups in total. The fourth-order valence-corrected chi connectivity index (χ4v) is 2.24. The third-order valence-corrected chi connectivity index (χ3v) is 3.18. The molecular formula is C11H14Cl3N. The van der Waals surface area contributed by atoms with Gasteiger partial charge in [-0.05, 0) is 30.0 Å². The molecule has 1 rings (SSSR count). The number of hydrogen-bond donors (Lipinski definition) is 1. The summed E-state index contributed by atoms with van der Waals surface area (Å²) in [6, 6.07) is 3.29. The molecule has 0 saturated heterocycles. The second-order valence-corrected chi connectivity index (χ2v) is 5.25. The van der Waals surface area contributed by atoms with E-state index >= 15 is 0 Å². The second-order valence-electron chi connectivity index (χ2n) is 4.03. The van der Waals surface area contributed by atoms with Crippen molar-refractivity contribution in [3.8, 4) is 0 Å². The van der Waals surface area contributed by atoms with Gasteiger partial charge in [-0.3, -0.25) is 0 Å². The number of hydrogen-bond acceptors (Lipinski definition) is 1. The van der Waals surface area contributed by atoms with Crippen molar-refractivity contribution >= 4 is 34.8 Å². The van der Waals surface area contributed by atoms with Crippen molar-refractivity contribution in [1.29, 1.82) is 0 Å². The molecule has 0 aliphatic rings. The number of nitrogens with two attached hydrogens (primary N) is 1. The topological polar surface area (TPSA) is 26.0 Å². The molecule has 0 fully saturated rings. The smallest absolute Gasteiger partial charge is 0.0641 e. The molecule has 0 radical (unpaired) electrons. The van der Waals surface area contributed by atoms with Gasteiger partial charge in [0.1, 0.15) is 0 Å². The van der Waals surface area contributed by atoms with E-state index in [9.17, 15) is 0 Å². The Morgan fingerprint density at radius 1 is 1.20 bits per heavy atom. The van der Waals surface area contributed by atoms with Crippen LogP contribution in [0, 0.1) is 5.92 Å². The van der Waals surface area contributed by atoms with E-state index in [-0.39, 0.29) is 6.04 Å². The first kappa shape index (κ1) is 13.1. The molecule has 0 unspecified atom stereocenters. The van der Waals surface area contributed by atoms with Crippen molar-refractivity contribution in [2.75, 3.05) is 0 Å². The Bertz CT molecular complexity index is 350. The maximum Gasteiger partial charge on any atom is 0.0641 e. The van der Waals surface area contributed by atoms with E-state index in [1.807, 2.05) is 0 Å². The number of benzene rings is 1. The summed E-state index contributed by atoms with van der Waals surface area (Å²) < 4.78 is 0. The molecule has 0 aliphatic heterocycles. The molecule has 1 atom stereocenters. The minimum atomic E-state index is -0.117. The van der Waals surface area contributed by atoms with E-state index in [1.165, 1.54) is 0 Å². The van der Waals surface area contributed by atoms with E-state index in [4.69, 9.17) is 40.5 Å².